The van der Waals surface area contributed by atoms with Crippen LogP contribution in [0.2, 0.25) is 5.02 Å². The summed E-state index contributed by atoms with van der Waals surface area (Å²) >= 11 is 5.67. The van der Waals surface area contributed by atoms with Crippen molar-refractivity contribution in [3.63, 3.8) is 0 Å². The molecule has 0 unspecified atom stereocenters. The Balaban J connectivity index is 1.97. The van der Waals surface area contributed by atoms with Gasteiger partial charge in [-0.1, -0.05) is 11.6 Å². The number of esters is 1. The van der Waals surface area contributed by atoms with Gasteiger partial charge in [-0.3, -0.25) is 4.79 Å². The van der Waals surface area contributed by atoms with E-state index in [1.807, 2.05) is 0 Å². The number of amides is 1. The van der Waals surface area contributed by atoms with Gasteiger partial charge in [-0.25, -0.2) is 22.5 Å². The number of pyridine rings is 1. The molecule has 0 aliphatic rings. The van der Waals surface area contributed by atoms with E-state index in [1.54, 1.807) is 0 Å². The number of nitrogens with one attached hydrogen (secondary N) is 1. The van der Waals surface area contributed by atoms with Gasteiger partial charge in [0.1, 0.15) is 0 Å². The van der Waals surface area contributed by atoms with Gasteiger partial charge in [0, 0.05) is 20.3 Å². The highest BCUT2D eigenvalue weighted by atomic mass is 35.5. The summed E-state index contributed by atoms with van der Waals surface area (Å²) in [5, 5.41) is 1.68. The third-order valence-corrected chi connectivity index (χ3v) is 5.75. The van der Waals surface area contributed by atoms with Crippen molar-refractivity contribution in [2.75, 3.05) is 26.0 Å². The van der Waals surface area contributed by atoms with Crippen LogP contribution in [0.5, 0.6) is 0 Å². The second-order valence-corrected chi connectivity index (χ2v) is 8.55. The van der Waals surface area contributed by atoms with E-state index in [2.05, 4.69) is 10.3 Å². The molecular weight excluding hydrogens is 451 g/mol. The third kappa shape index (κ3) is 5.68. The maximum absolute atomic E-state index is 12.6. The third-order valence-electron chi connectivity index (χ3n) is 3.63. The number of sulfonamides is 1. The van der Waals surface area contributed by atoms with E-state index in [9.17, 15) is 31.2 Å². The van der Waals surface area contributed by atoms with Crippen LogP contribution in [0.3, 0.4) is 0 Å². The Morgan fingerprint density at radius 1 is 1.20 bits per heavy atom. The number of hydrogen-bond donors (Lipinski definition) is 1. The molecule has 1 heterocycles. The summed E-state index contributed by atoms with van der Waals surface area (Å²) in [4.78, 5) is 27.2. The monoisotopic (exact) mass is 465 g/mol. The molecule has 0 bridgehead atoms. The second-order valence-electron chi connectivity index (χ2n) is 5.99. The molecule has 0 spiro atoms. The van der Waals surface area contributed by atoms with Gasteiger partial charge < -0.3 is 10.1 Å². The molecule has 8 nitrogen and oxygen atoms in total. The molecule has 1 amide bonds. The molecule has 0 aliphatic heterocycles. The molecule has 1 aromatic carbocycles. The van der Waals surface area contributed by atoms with Crippen molar-refractivity contribution >= 4 is 39.3 Å². The van der Waals surface area contributed by atoms with Gasteiger partial charge in [-0.05, 0) is 30.3 Å². The Morgan fingerprint density at radius 2 is 1.80 bits per heavy atom. The Kier molecular flexibility index (Phi) is 7.06. The van der Waals surface area contributed by atoms with Crippen LogP contribution in [0, 0.1) is 0 Å². The molecule has 0 atom stereocenters. The van der Waals surface area contributed by atoms with Gasteiger partial charge in [-0.2, -0.15) is 13.2 Å². The lowest BCUT2D eigenvalue weighted by molar-refractivity contribution is -0.137. The Bertz CT molecular complexity index is 1060. The van der Waals surface area contributed by atoms with E-state index < -0.39 is 45.3 Å². The van der Waals surface area contributed by atoms with Crippen LogP contribution in [0.1, 0.15) is 15.9 Å². The quantitative estimate of drug-likeness (QED) is 0.658. The van der Waals surface area contributed by atoms with Crippen LogP contribution < -0.4 is 5.32 Å². The topological polar surface area (TPSA) is 106 Å². The zero-order valence-electron chi connectivity index (χ0n) is 15.5. The largest absolute Gasteiger partial charge is 0.452 e. The average Bonchev–Trinajstić information content (AvgIpc) is 2.66. The van der Waals surface area contributed by atoms with E-state index in [4.69, 9.17) is 16.3 Å². The smallest absolute Gasteiger partial charge is 0.417 e. The highest BCUT2D eigenvalue weighted by Gasteiger charge is 2.31. The fourth-order valence-electron chi connectivity index (χ4n) is 2.04. The fraction of sp³-hybridized carbons (Fsp3) is 0.235. The molecule has 0 saturated carbocycles. The van der Waals surface area contributed by atoms with Gasteiger partial charge in [-0.15, -0.1) is 0 Å². The molecule has 1 aromatic heterocycles. The Hall–Kier alpha value is -2.70. The minimum atomic E-state index is -4.64. The minimum absolute atomic E-state index is 0.00815. The van der Waals surface area contributed by atoms with Gasteiger partial charge in [0.05, 0.1) is 21.0 Å². The van der Waals surface area contributed by atoms with E-state index in [-0.39, 0.29) is 16.3 Å². The summed E-state index contributed by atoms with van der Waals surface area (Å²) in [6, 6.07) is 5.44. The van der Waals surface area contributed by atoms with Crippen LogP contribution in [0.4, 0.5) is 19.0 Å². The van der Waals surface area contributed by atoms with E-state index >= 15 is 0 Å². The van der Waals surface area contributed by atoms with Crippen LogP contribution in [-0.2, 0) is 25.7 Å². The second kappa shape index (κ2) is 8.98. The van der Waals surface area contributed by atoms with Crippen LogP contribution in [-0.4, -0.2) is 50.3 Å². The predicted molar refractivity (Wildman–Crippen MR) is 100 cm³/mol. The maximum atomic E-state index is 12.6. The van der Waals surface area contributed by atoms with E-state index in [1.165, 1.54) is 38.4 Å². The van der Waals surface area contributed by atoms with Crippen LogP contribution >= 0.6 is 11.6 Å². The molecule has 0 fully saturated rings. The van der Waals surface area contributed by atoms with Crippen LogP contribution in [0.25, 0.3) is 0 Å². The van der Waals surface area contributed by atoms with Crippen molar-refractivity contribution < 1.29 is 35.9 Å². The first-order valence-corrected chi connectivity index (χ1v) is 9.86. The van der Waals surface area contributed by atoms with E-state index in [0.717, 1.165) is 4.31 Å². The lowest BCUT2D eigenvalue weighted by Crippen LogP contribution is -2.23. The number of alkyl halides is 3. The van der Waals surface area contributed by atoms with Crippen molar-refractivity contribution in [1.29, 1.82) is 0 Å². The normalized spacial score (nSPS) is 12.0. The van der Waals surface area contributed by atoms with Gasteiger partial charge in [0.2, 0.25) is 10.0 Å². The molecule has 30 heavy (non-hydrogen) atoms. The zero-order chi connectivity index (χ0) is 22.7. The first-order chi connectivity index (χ1) is 13.8. The summed E-state index contributed by atoms with van der Waals surface area (Å²) in [6.45, 7) is -0.768. The zero-order valence-corrected chi connectivity index (χ0v) is 17.1. The molecule has 2 aromatic rings. The number of halogens is 4. The number of benzene rings is 1. The predicted octanol–water partition coefficient (Wildman–Crippen LogP) is 2.80. The molecule has 0 aliphatic carbocycles. The number of ether oxygens (including phenoxy) is 1. The first-order valence-electron chi connectivity index (χ1n) is 8.04. The number of anilines is 1. The maximum Gasteiger partial charge on any atom is 0.417 e. The first kappa shape index (κ1) is 23.6. The van der Waals surface area contributed by atoms with Crippen LogP contribution in [0.15, 0.2) is 41.4 Å². The SMILES string of the molecule is CN(C)S(=O)(=O)c1ccc(C(=O)OCC(=O)Nc2ncc(C(F)(F)F)cc2Cl)cc1. The van der Waals surface area contributed by atoms with Gasteiger partial charge >= 0.3 is 12.1 Å². The number of carbonyl (C=O) groups is 2. The fourth-order valence-corrected chi connectivity index (χ4v) is 3.16. The average molecular weight is 466 g/mol. The van der Waals surface area contributed by atoms with Crippen molar-refractivity contribution in [1.82, 2.24) is 9.29 Å². The lowest BCUT2D eigenvalue weighted by Gasteiger charge is -2.12. The number of nitrogens with zero attached hydrogens (tertiary/aromatic N) is 2. The Labute approximate surface area is 174 Å². The highest BCUT2D eigenvalue weighted by molar-refractivity contribution is 7.89. The standard InChI is InChI=1S/C17H15ClF3N3O5S/c1-24(2)30(27,28)12-5-3-10(4-6-12)16(26)29-9-14(25)23-15-13(18)7-11(8-22-15)17(19,20)21/h3-8H,9H2,1-2H3,(H,22,23,25). The lowest BCUT2D eigenvalue weighted by atomic mass is 10.2. The van der Waals surface area contributed by atoms with Gasteiger partial charge in [0.15, 0.2) is 12.4 Å². The van der Waals surface area contributed by atoms with Crippen molar-refractivity contribution in [3.05, 3.63) is 52.7 Å². The van der Waals surface area contributed by atoms with Crippen molar-refractivity contribution in [3.8, 4) is 0 Å². The summed E-state index contributed by atoms with van der Waals surface area (Å²) < 4.78 is 67.5. The summed E-state index contributed by atoms with van der Waals surface area (Å²) in [6.07, 6.45) is -4.15. The number of rotatable bonds is 6. The van der Waals surface area contributed by atoms with E-state index in [0.29, 0.717) is 12.3 Å². The minimum Gasteiger partial charge on any atom is -0.452 e. The van der Waals surface area contributed by atoms with Crippen molar-refractivity contribution in [2.24, 2.45) is 0 Å². The summed E-state index contributed by atoms with van der Waals surface area (Å²) in [5.74, 6) is -2.13. The van der Waals surface area contributed by atoms with Crippen molar-refractivity contribution in [2.45, 2.75) is 11.1 Å². The molecule has 162 valence electrons. The molecule has 13 heteroatoms. The van der Waals surface area contributed by atoms with Gasteiger partial charge in [0.25, 0.3) is 5.91 Å². The summed E-state index contributed by atoms with van der Waals surface area (Å²) in [7, 11) is -0.959. The molecule has 0 saturated heterocycles. The molecule has 1 N–H and O–H groups in total. The molecule has 2 rings (SSSR count). The number of hydrogen-bond acceptors (Lipinski definition) is 6. The number of aromatic nitrogens is 1. The molecule has 0 radical (unpaired) electrons. The molecular formula is C17H15ClF3N3O5S. The highest BCUT2D eigenvalue weighted by Crippen LogP contribution is 2.32. The Morgan fingerprint density at radius 3 is 2.30 bits per heavy atom. The number of carbonyl (C=O) groups excluding carboxylic acids is 2. The summed E-state index contributed by atoms with van der Waals surface area (Å²) in [5.41, 5.74) is -1.09.